The molecule has 1 aromatic heterocycles. The maximum Gasteiger partial charge on any atom is 0.339 e. The maximum absolute atomic E-state index is 10.9. The molecular weight excluding hydrogens is 230 g/mol. The summed E-state index contributed by atoms with van der Waals surface area (Å²) in [6.07, 6.45) is 9.44. The number of aromatic carboxylic acids is 1. The van der Waals surface area contributed by atoms with E-state index < -0.39 is 5.97 Å². The van der Waals surface area contributed by atoms with Crippen LogP contribution in [-0.4, -0.2) is 17.6 Å². The standard InChI is InChI=1S/C14H21NO3/c16-14(17)12-7-9-18-13(12)10-15-8-6-11-4-2-1-3-5-11/h7,9,11,15H,1-6,8,10H2,(H,16,17). The number of hydrogen-bond acceptors (Lipinski definition) is 3. The quantitative estimate of drug-likeness (QED) is 0.763. The Morgan fingerprint density at radius 3 is 2.89 bits per heavy atom. The van der Waals surface area contributed by atoms with Gasteiger partial charge >= 0.3 is 5.97 Å². The van der Waals surface area contributed by atoms with Crippen LogP contribution in [0.3, 0.4) is 0 Å². The van der Waals surface area contributed by atoms with E-state index in [2.05, 4.69) is 5.32 Å². The van der Waals surface area contributed by atoms with Crippen molar-refractivity contribution in [3.8, 4) is 0 Å². The fourth-order valence-electron chi connectivity index (χ4n) is 2.65. The number of rotatable bonds is 6. The van der Waals surface area contributed by atoms with E-state index in [9.17, 15) is 4.79 Å². The van der Waals surface area contributed by atoms with E-state index in [1.165, 1.54) is 50.9 Å². The summed E-state index contributed by atoms with van der Waals surface area (Å²) in [5, 5.41) is 12.2. The minimum absolute atomic E-state index is 0.264. The Bertz CT molecular complexity index is 380. The monoisotopic (exact) mass is 251 g/mol. The van der Waals surface area contributed by atoms with Crippen LogP contribution >= 0.6 is 0 Å². The molecule has 1 aliphatic carbocycles. The van der Waals surface area contributed by atoms with Crippen molar-refractivity contribution in [3.63, 3.8) is 0 Å². The topological polar surface area (TPSA) is 62.5 Å². The van der Waals surface area contributed by atoms with Gasteiger partial charge in [0.05, 0.1) is 12.8 Å². The summed E-state index contributed by atoms with van der Waals surface area (Å²) in [5.74, 6) is 0.445. The Hall–Kier alpha value is -1.29. The first-order valence-corrected chi connectivity index (χ1v) is 6.77. The molecule has 0 atom stereocenters. The summed E-state index contributed by atoms with van der Waals surface area (Å²) in [4.78, 5) is 10.9. The molecule has 0 amide bonds. The molecule has 0 aliphatic heterocycles. The third-order valence-electron chi connectivity index (χ3n) is 3.72. The first-order chi connectivity index (χ1) is 8.77. The summed E-state index contributed by atoms with van der Waals surface area (Å²) < 4.78 is 5.17. The van der Waals surface area contributed by atoms with Crippen molar-refractivity contribution in [2.45, 2.75) is 45.1 Å². The number of furan rings is 1. The van der Waals surface area contributed by atoms with Gasteiger partial charge in [0.1, 0.15) is 11.3 Å². The highest BCUT2D eigenvalue weighted by atomic mass is 16.4. The molecule has 1 heterocycles. The Kier molecular flexibility index (Phi) is 4.81. The molecule has 4 nitrogen and oxygen atoms in total. The zero-order valence-electron chi connectivity index (χ0n) is 10.7. The first-order valence-electron chi connectivity index (χ1n) is 6.77. The van der Waals surface area contributed by atoms with Crippen molar-refractivity contribution in [1.29, 1.82) is 0 Å². The Labute approximate surface area is 107 Å². The Balaban J connectivity index is 1.68. The fraction of sp³-hybridized carbons (Fsp3) is 0.643. The van der Waals surface area contributed by atoms with Gasteiger partial charge in [-0.2, -0.15) is 0 Å². The molecule has 0 aromatic carbocycles. The Morgan fingerprint density at radius 1 is 1.39 bits per heavy atom. The molecule has 0 saturated heterocycles. The SMILES string of the molecule is O=C(O)c1ccoc1CNCCC1CCCCC1. The van der Waals surface area contributed by atoms with Crippen LogP contribution in [0.2, 0.25) is 0 Å². The fourth-order valence-corrected chi connectivity index (χ4v) is 2.65. The molecule has 1 fully saturated rings. The molecule has 100 valence electrons. The third-order valence-corrected chi connectivity index (χ3v) is 3.72. The predicted molar refractivity (Wildman–Crippen MR) is 68.6 cm³/mol. The van der Waals surface area contributed by atoms with Gasteiger partial charge in [0.25, 0.3) is 0 Å². The van der Waals surface area contributed by atoms with E-state index in [4.69, 9.17) is 9.52 Å². The average molecular weight is 251 g/mol. The second kappa shape index (κ2) is 6.59. The number of hydrogen-bond donors (Lipinski definition) is 2. The second-order valence-corrected chi connectivity index (χ2v) is 5.03. The number of carboxylic acids is 1. The van der Waals surface area contributed by atoms with Crippen molar-refractivity contribution in [2.24, 2.45) is 5.92 Å². The van der Waals surface area contributed by atoms with Crippen LogP contribution < -0.4 is 5.32 Å². The predicted octanol–water partition coefficient (Wildman–Crippen LogP) is 3.04. The van der Waals surface area contributed by atoms with Gasteiger partial charge in [0, 0.05) is 0 Å². The molecule has 0 unspecified atom stereocenters. The lowest BCUT2D eigenvalue weighted by Gasteiger charge is -2.21. The minimum Gasteiger partial charge on any atom is -0.478 e. The van der Waals surface area contributed by atoms with Crippen LogP contribution in [0, 0.1) is 5.92 Å². The summed E-state index contributed by atoms with van der Waals surface area (Å²) in [6, 6.07) is 1.50. The van der Waals surface area contributed by atoms with E-state index >= 15 is 0 Å². The van der Waals surface area contributed by atoms with Crippen molar-refractivity contribution in [3.05, 3.63) is 23.7 Å². The van der Waals surface area contributed by atoms with E-state index in [-0.39, 0.29) is 5.56 Å². The third kappa shape index (κ3) is 3.60. The van der Waals surface area contributed by atoms with Crippen LogP contribution in [-0.2, 0) is 6.54 Å². The highest BCUT2D eigenvalue weighted by Crippen LogP contribution is 2.25. The summed E-state index contributed by atoms with van der Waals surface area (Å²) in [5.41, 5.74) is 0.264. The number of carbonyl (C=O) groups is 1. The highest BCUT2D eigenvalue weighted by molar-refractivity contribution is 5.88. The summed E-state index contributed by atoms with van der Waals surface area (Å²) in [7, 11) is 0. The molecule has 4 heteroatoms. The molecule has 1 aliphatic rings. The summed E-state index contributed by atoms with van der Waals surface area (Å²) in [6.45, 7) is 1.44. The van der Waals surface area contributed by atoms with Crippen molar-refractivity contribution < 1.29 is 14.3 Å². The number of nitrogens with one attached hydrogen (secondary N) is 1. The maximum atomic E-state index is 10.9. The van der Waals surface area contributed by atoms with Crippen LogP contribution in [0.25, 0.3) is 0 Å². The van der Waals surface area contributed by atoms with Gasteiger partial charge in [0.2, 0.25) is 0 Å². The van der Waals surface area contributed by atoms with Crippen LogP contribution in [0.1, 0.15) is 54.6 Å². The second-order valence-electron chi connectivity index (χ2n) is 5.03. The Morgan fingerprint density at radius 2 is 2.17 bits per heavy atom. The molecular formula is C14H21NO3. The van der Waals surface area contributed by atoms with Crippen molar-refractivity contribution in [1.82, 2.24) is 5.32 Å². The minimum atomic E-state index is -0.923. The molecule has 0 spiro atoms. The van der Waals surface area contributed by atoms with Gasteiger partial charge in [-0.25, -0.2) is 4.79 Å². The largest absolute Gasteiger partial charge is 0.478 e. The highest BCUT2D eigenvalue weighted by Gasteiger charge is 2.14. The van der Waals surface area contributed by atoms with Crippen molar-refractivity contribution >= 4 is 5.97 Å². The van der Waals surface area contributed by atoms with Crippen molar-refractivity contribution in [2.75, 3.05) is 6.54 Å². The van der Waals surface area contributed by atoms with E-state index in [1.807, 2.05) is 0 Å². The molecule has 2 N–H and O–H groups in total. The normalized spacial score (nSPS) is 16.9. The average Bonchev–Trinajstić information content (AvgIpc) is 2.84. The van der Waals surface area contributed by atoms with Gasteiger partial charge < -0.3 is 14.8 Å². The van der Waals surface area contributed by atoms with Gasteiger partial charge in [-0.15, -0.1) is 0 Å². The number of carboxylic acid groups (broad SMARTS) is 1. The zero-order valence-corrected chi connectivity index (χ0v) is 10.7. The zero-order chi connectivity index (χ0) is 12.8. The van der Waals surface area contributed by atoms with Gasteiger partial charge in [-0.1, -0.05) is 32.1 Å². The lowest BCUT2D eigenvalue weighted by molar-refractivity contribution is 0.0694. The molecule has 1 aromatic rings. The first kappa shape index (κ1) is 13.1. The molecule has 0 radical (unpaired) electrons. The van der Waals surface area contributed by atoms with Crippen LogP contribution in [0.15, 0.2) is 16.7 Å². The molecule has 0 bridgehead atoms. The van der Waals surface area contributed by atoms with Gasteiger partial charge in [-0.3, -0.25) is 0 Å². The molecule has 1 saturated carbocycles. The van der Waals surface area contributed by atoms with E-state index in [0.717, 1.165) is 12.5 Å². The van der Waals surface area contributed by atoms with E-state index in [0.29, 0.717) is 12.3 Å². The smallest absolute Gasteiger partial charge is 0.339 e. The summed E-state index contributed by atoms with van der Waals surface area (Å²) >= 11 is 0. The molecule has 2 rings (SSSR count). The van der Waals surface area contributed by atoms with Gasteiger partial charge in [0.15, 0.2) is 0 Å². The molecule has 18 heavy (non-hydrogen) atoms. The van der Waals surface area contributed by atoms with E-state index in [1.54, 1.807) is 0 Å². The van der Waals surface area contributed by atoms with Gasteiger partial charge in [-0.05, 0) is 24.9 Å². The van der Waals surface area contributed by atoms with Crippen LogP contribution in [0.5, 0.6) is 0 Å². The lowest BCUT2D eigenvalue weighted by Crippen LogP contribution is -2.19. The van der Waals surface area contributed by atoms with Crippen LogP contribution in [0.4, 0.5) is 0 Å². The lowest BCUT2D eigenvalue weighted by atomic mass is 9.87.